The third kappa shape index (κ3) is 3.72. The molecule has 2 bridgehead atoms. The standard InChI is InChI=1S/C19H17Br2ClN2O5/c20-16-10-5-11(17(16)21)15-14(10)18(27)24(19(15)28)6-13(26)29-7-12(25)23-9-3-1-2-8(22)4-9/h1-4,10-11,14-17H,5-7H2,(H,23,25)/t10-,11-,14-,15-,16+,17+/m1/s1. The van der Waals surface area contributed by atoms with Crippen LogP contribution in [0.2, 0.25) is 5.02 Å². The number of ether oxygens (including phenoxy) is 1. The van der Waals surface area contributed by atoms with Gasteiger partial charge >= 0.3 is 5.97 Å². The van der Waals surface area contributed by atoms with Crippen molar-refractivity contribution in [2.24, 2.45) is 23.7 Å². The third-order valence-corrected chi connectivity index (χ3v) is 9.28. The molecule has 154 valence electrons. The Morgan fingerprint density at radius 2 is 1.76 bits per heavy atom. The van der Waals surface area contributed by atoms with Crippen LogP contribution in [0.3, 0.4) is 0 Å². The SMILES string of the molecule is O=C(COC(=O)CN1C(=O)[C@@H]2[C@H]3C[C@@H]([C@H](Br)[C@H]3Br)[C@H]2C1=O)Nc1cccc(Cl)c1. The first-order valence-corrected chi connectivity index (χ1v) is 11.3. The number of carbonyl (C=O) groups is 4. The zero-order valence-electron chi connectivity index (χ0n) is 15.0. The lowest BCUT2D eigenvalue weighted by atomic mass is 9.81. The molecule has 1 N–H and O–H groups in total. The number of amides is 3. The van der Waals surface area contributed by atoms with Gasteiger partial charge in [-0.1, -0.05) is 49.5 Å². The van der Waals surface area contributed by atoms with Gasteiger partial charge in [-0.15, -0.1) is 0 Å². The summed E-state index contributed by atoms with van der Waals surface area (Å²) in [7, 11) is 0. The summed E-state index contributed by atoms with van der Waals surface area (Å²) < 4.78 is 4.95. The molecule has 0 spiro atoms. The zero-order valence-corrected chi connectivity index (χ0v) is 18.9. The number of halogens is 3. The normalized spacial score (nSPS) is 32.4. The Labute approximate surface area is 188 Å². The van der Waals surface area contributed by atoms with Gasteiger partial charge < -0.3 is 10.1 Å². The van der Waals surface area contributed by atoms with Gasteiger partial charge in [0.1, 0.15) is 6.54 Å². The van der Waals surface area contributed by atoms with Crippen LogP contribution in [-0.2, 0) is 23.9 Å². The third-order valence-electron chi connectivity index (χ3n) is 5.84. The maximum atomic E-state index is 12.8. The molecule has 2 aliphatic carbocycles. The summed E-state index contributed by atoms with van der Waals surface area (Å²) in [6.07, 6.45) is 0.820. The summed E-state index contributed by atoms with van der Waals surface area (Å²) in [4.78, 5) is 50.8. The van der Waals surface area contributed by atoms with Gasteiger partial charge in [0, 0.05) is 20.4 Å². The molecule has 1 aromatic carbocycles. The second kappa shape index (κ2) is 8.00. The van der Waals surface area contributed by atoms with Gasteiger partial charge in [-0.2, -0.15) is 0 Å². The molecular weight excluding hydrogens is 531 g/mol. The number of fused-ring (bicyclic) bond motifs is 5. The second-order valence-corrected chi connectivity index (χ2v) is 10.0. The molecule has 3 aliphatic rings. The summed E-state index contributed by atoms with van der Waals surface area (Å²) >= 11 is 13.1. The van der Waals surface area contributed by atoms with E-state index in [1.165, 1.54) is 0 Å². The first-order chi connectivity index (χ1) is 13.8. The molecule has 1 aromatic rings. The van der Waals surface area contributed by atoms with Gasteiger partial charge in [0.05, 0.1) is 11.8 Å². The molecule has 3 fully saturated rings. The molecular formula is C19H17Br2ClN2O5. The highest BCUT2D eigenvalue weighted by Gasteiger charge is 2.66. The van der Waals surface area contributed by atoms with Gasteiger partial charge in [0.2, 0.25) is 11.8 Å². The van der Waals surface area contributed by atoms with E-state index in [0.717, 1.165) is 11.3 Å². The molecule has 1 saturated heterocycles. The van der Waals surface area contributed by atoms with Crippen molar-refractivity contribution >= 4 is 72.8 Å². The lowest BCUT2D eigenvalue weighted by molar-refractivity contribution is -0.154. The smallest absolute Gasteiger partial charge is 0.326 e. The highest BCUT2D eigenvalue weighted by Crippen LogP contribution is 2.60. The predicted molar refractivity (Wildman–Crippen MR) is 112 cm³/mol. The fourth-order valence-corrected chi connectivity index (χ4v) is 6.71. The van der Waals surface area contributed by atoms with Crippen molar-refractivity contribution in [3.8, 4) is 0 Å². The Morgan fingerprint density at radius 3 is 2.34 bits per heavy atom. The Balaban J connectivity index is 1.32. The summed E-state index contributed by atoms with van der Waals surface area (Å²) in [5, 5.41) is 3.01. The van der Waals surface area contributed by atoms with Crippen molar-refractivity contribution in [1.29, 1.82) is 0 Å². The van der Waals surface area contributed by atoms with Crippen LogP contribution >= 0.6 is 43.5 Å². The summed E-state index contributed by atoms with van der Waals surface area (Å²) in [6, 6.07) is 6.55. The monoisotopic (exact) mass is 546 g/mol. The summed E-state index contributed by atoms with van der Waals surface area (Å²) in [5.41, 5.74) is 0.473. The predicted octanol–water partition coefficient (Wildman–Crippen LogP) is 2.60. The number of nitrogens with zero attached hydrogens (tertiary/aromatic N) is 1. The Hall–Kier alpha value is -1.45. The van der Waals surface area contributed by atoms with Crippen LogP contribution in [0, 0.1) is 23.7 Å². The van der Waals surface area contributed by atoms with Crippen LogP contribution in [-0.4, -0.2) is 51.4 Å². The number of anilines is 1. The van der Waals surface area contributed by atoms with Crippen molar-refractivity contribution in [3.63, 3.8) is 0 Å². The van der Waals surface area contributed by atoms with Crippen LogP contribution in [0.5, 0.6) is 0 Å². The van der Waals surface area contributed by atoms with Crippen LogP contribution in [0.15, 0.2) is 24.3 Å². The number of benzene rings is 1. The molecule has 7 nitrogen and oxygen atoms in total. The largest absolute Gasteiger partial charge is 0.454 e. The maximum absolute atomic E-state index is 12.8. The number of carbonyl (C=O) groups excluding carboxylic acids is 4. The zero-order chi connectivity index (χ0) is 20.9. The van der Waals surface area contributed by atoms with Crippen LogP contribution in [0.1, 0.15) is 6.42 Å². The maximum Gasteiger partial charge on any atom is 0.326 e. The minimum atomic E-state index is -0.800. The molecule has 3 amide bonds. The molecule has 0 aromatic heterocycles. The van der Waals surface area contributed by atoms with E-state index in [-0.39, 0.29) is 45.1 Å². The van der Waals surface area contributed by atoms with E-state index in [1.807, 2.05) is 0 Å². The van der Waals surface area contributed by atoms with Crippen LogP contribution in [0.4, 0.5) is 5.69 Å². The van der Waals surface area contributed by atoms with Gasteiger partial charge in [-0.25, -0.2) is 0 Å². The van der Waals surface area contributed by atoms with Crippen molar-refractivity contribution in [2.75, 3.05) is 18.5 Å². The van der Waals surface area contributed by atoms with E-state index in [2.05, 4.69) is 37.2 Å². The lowest BCUT2D eigenvalue weighted by Crippen LogP contribution is -2.38. The Kier molecular flexibility index (Phi) is 5.74. The highest BCUT2D eigenvalue weighted by molar-refractivity contribution is 9.12. The fraction of sp³-hybridized carbons (Fsp3) is 0.474. The molecule has 6 atom stereocenters. The molecule has 29 heavy (non-hydrogen) atoms. The molecule has 0 radical (unpaired) electrons. The van der Waals surface area contributed by atoms with Gasteiger partial charge in [0.25, 0.3) is 5.91 Å². The average Bonchev–Trinajstić information content (AvgIpc) is 3.27. The van der Waals surface area contributed by atoms with Gasteiger partial charge in [-0.05, 0) is 36.5 Å². The average molecular weight is 549 g/mol. The van der Waals surface area contributed by atoms with E-state index < -0.39 is 25.0 Å². The molecule has 0 unspecified atom stereocenters. The summed E-state index contributed by atoms with van der Waals surface area (Å²) in [6.45, 7) is -0.999. The van der Waals surface area contributed by atoms with Crippen LogP contribution < -0.4 is 5.32 Å². The molecule has 4 rings (SSSR count). The number of hydrogen-bond donors (Lipinski definition) is 1. The van der Waals surface area contributed by atoms with Crippen LogP contribution in [0.25, 0.3) is 0 Å². The van der Waals surface area contributed by atoms with E-state index in [1.54, 1.807) is 24.3 Å². The minimum absolute atomic E-state index is 0.0790. The van der Waals surface area contributed by atoms with E-state index in [0.29, 0.717) is 10.7 Å². The Morgan fingerprint density at radius 1 is 1.14 bits per heavy atom. The number of imide groups is 1. The van der Waals surface area contributed by atoms with E-state index in [4.69, 9.17) is 16.3 Å². The fourth-order valence-electron chi connectivity index (χ4n) is 4.65. The van der Waals surface area contributed by atoms with Crippen molar-refractivity contribution < 1.29 is 23.9 Å². The second-order valence-electron chi connectivity index (χ2n) is 7.49. The number of rotatable bonds is 5. The molecule has 1 heterocycles. The number of nitrogens with one attached hydrogen (secondary N) is 1. The number of hydrogen-bond acceptors (Lipinski definition) is 5. The lowest BCUT2D eigenvalue weighted by Gasteiger charge is -2.28. The Bertz CT molecular complexity index is 865. The highest BCUT2D eigenvalue weighted by atomic mass is 79.9. The minimum Gasteiger partial charge on any atom is -0.454 e. The van der Waals surface area contributed by atoms with Crippen molar-refractivity contribution in [2.45, 2.75) is 16.1 Å². The molecule has 10 heteroatoms. The van der Waals surface area contributed by atoms with Crippen molar-refractivity contribution in [3.05, 3.63) is 29.3 Å². The number of alkyl halides is 2. The van der Waals surface area contributed by atoms with E-state index in [9.17, 15) is 19.2 Å². The first kappa shape index (κ1) is 20.8. The first-order valence-electron chi connectivity index (χ1n) is 9.12. The quantitative estimate of drug-likeness (QED) is 0.347. The molecule has 1 aliphatic heterocycles. The molecule has 2 saturated carbocycles. The van der Waals surface area contributed by atoms with Gasteiger partial charge in [0.15, 0.2) is 6.61 Å². The van der Waals surface area contributed by atoms with E-state index >= 15 is 0 Å². The number of likely N-dealkylation sites (tertiary alicyclic amines) is 1. The summed E-state index contributed by atoms with van der Waals surface area (Å²) in [5.74, 6) is -2.60. The van der Waals surface area contributed by atoms with Crippen molar-refractivity contribution in [1.82, 2.24) is 4.90 Å². The topological polar surface area (TPSA) is 92.8 Å². The number of esters is 1. The van der Waals surface area contributed by atoms with Gasteiger partial charge in [-0.3, -0.25) is 24.1 Å².